The molecule has 0 bridgehead atoms. The van der Waals surface area contributed by atoms with Crippen LogP contribution in [0.4, 0.5) is 0 Å². The van der Waals surface area contributed by atoms with Crippen molar-refractivity contribution in [2.45, 2.75) is 32.7 Å². The van der Waals surface area contributed by atoms with E-state index in [9.17, 15) is 4.79 Å². The summed E-state index contributed by atoms with van der Waals surface area (Å²) in [5, 5.41) is 8.34. The molecule has 6 nitrogen and oxygen atoms in total. The molecular formula is C17H23N5O. The van der Waals surface area contributed by atoms with Crippen LogP contribution in [-0.2, 0) is 0 Å². The Labute approximate surface area is 136 Å². The van der Waals surface area contributed by atoms with E-state index in [4.69, 9.17) is 5.73 Å². The number of piperidine rings is 1. The molecule has 1 aromatic carbocycles. The summed E-state index contributed by atoms with van der Waals surface area (Å²) in [5.74, 6) is 0.441. The number of likely N-dealkylation sites (tertiary alicyclic amines) is 1. The molecule has 0 aliphatic carbocycles. The van der Waals surface area contributed by atoms with Gasteiger partial charge in [-0.2, -0.15) is 15.0 Å². The Kier molecular flexibility index (Phi) is 4.43. The lowest BCUT2D eigenvalue weighted by atomic mass is 9.90. The largest absolute Gasteiger partial charge is 0.334 e. The summed E-state index contributed by atoms with van der Waals surface area (Å²) in [6.45, 7) is 5.40. The van der Waals surface area contributed by atoms with Gasteiger partial charge in [0, 0.05) is 19.1 Å². The standard InChI is InChI=1S/C17H23N5O/c1-12-5-6-15(22-19-7-8-20-22)14(10-12)17(23)21-9-3-4-13(2)16(21)11-18/h5-8,10,13,16H,3-4,9,11,18H2,1-2H3/t13-,16?/m0/s1. The summed E-state index contributed by atoms with van der Waals surface area (Å²) in [4.78, 5) is 16.6. The molecule has 1 fully saturated rings. The molecule has 2 aromatic rings. The number of carbonyl (C=O) groups is 1. The maximum atomic E-state index is 13.2. The van der Waals surface area contributed by atoms with E-state index in [1.54, 1.807) is 12.4 Å². The van der Waals surface area contributed by atoms with E-state index in [2.05, 4.69) is 17.1 Å². The third kappa shape index (κ3) is 2.99. The average molecular weight is 313 g/mol. The molecule has 1 aromatic heterocycles. The number of benzene rings is 1. The van der Waals surface area contributed by atoms with Crippen molar-refractivity contribution in [2.24, 2.45) is 11.7 Å². The van der Waals surface area contributed by atoms with E-state index in [0.29, 0.717) is 23.7 Å². The summed E-state index contributed by atoms with van der Waals surface area (Å²) in [6.07, 6.45) is 5.36. The molecule has 0 saturated carbocycles. The van der Waals surface area contributed by atoms with Crippen LogP contribution in [0.2, 0.25) is 0 Å². The Hall–Kier alpha value is -2.21. The number of aryl methyl sites for hydroxylation is 1. The smallest absolute Gasteiger partial charge is 0.256 e. The highest BCUT2D eigenvalue weighted by atomic mass is 16.2. The molecule has 1 saturated heterocycles. The third-order valence-electron chi connectivity index (χ3n) is 4.63. The Bertz CT molecular complexity index is 682. The maximum absolute atomic E-state index is 13.2. The van der Waals surface area contributed by atoms with Gasteiger partial charge in [0.15, 0.2) is 0 Å². The van der Waals surface area contributed by atoms with E-state index >= 15 is 0 Å². The molecule has 2 N–H and O–H groups in total. The van der Waals surface area contributed by atoms with Crippen LogP contribution in [0, 0.1) is 12.8 Å². The fourth-order valence-electron chi connectivity index (χ4n) is 3.35. The predicted octanol–water partition coefficient (Wildman–Crippen LogP) is 1.78. The second kappa shape index (κ2) is 6.50. The van der Waals surface area contributed by atoms with Crippen LogP contribution in [0.25, 0.3) is 5.69 Å². The van der Waals surface area contributed by atoms with Gasteiger partial charge in [0.05, 0.1) is 23.6 Å². The summed E-state index contributed by atoms with van der Waals surface area (Å²) in [5.41, 5.74) is 8.32. The number of rotatable bonds is 3. The Morgan fingerprint density at radius 3 is 2.78 bits per heavy atom. The van der Waals surface area contributed by atoms with Crippen molar-refractivity contribution in [3.05, 3.63) is 41.7 Å². The number of amides is 1. The number of hydrogen-bond donors (Lipinski definition) is 1. The van der Waals surface area contributed by atoms with Crippen LogP contribution in [0.5, 0.6) is 0 Å². The van der Waals surface area contributed by atoms with Gasteiger partial charge in [0.25, 0.3) is 5.91 Å². The van der Waals surface area contributed by atoms with Crippen LogP contribution in [0.3, 0.4) is 0 Å². The van der Waals surface area contributed by atoms with Gasteiger partial charge >= 0.3 is 0 Å². The van der Waals surface area contributed by atoms with Crippen molar-refractivity contribution < 1.29 is 4.79 Å². The molecule has 1 aliphatic heterocycles. The van der Waals surface area contributed by atoms with Gasteiger partial charge in [-0.05, 0) is 37.8 Å². The third-order valence-corrected chi connectivity index (χ3v) is 4.63. The van der Waals surface area contributed by atoms with Crippen LogP contribution >= 0.6 is 0 Å². The minimum Gasteiger partial charge on any atom is -0.334 e. The Morgan fingerprint density at radius 1 is 1.35 bits per heavy atom. The number of nitrogens with zero attached hydrogens (tertiary/aromatic N) is 4. The first-order valence-corrected chi connectivity index (χ1v) is 8.10. The zero-order valence-electron chi connectivity index (χ0n) is 13.6. The summed E-state index contributed by atoms with van der Waals surface area (Å²) in [6, 6.07) is 5.87. The highest BCUT2D eigenvalue weighted by molar-refractivity contribution is 5.98. The molecule has 6 heteroatoms. The quantitative estimate of drug-likeness (QED) is 0.937. The summed E-state index contributed by atoms with van der Waals surface area (Å²) in [7, 11) is 0. The lowest BCUT2D eigenvalue weighted by Crippen LogP contribution is -2.51. The summed E-state index contributed by atoms with van der Waals surface area (Å²) < 4.78 is 0. The second-order valence-electron chi connectivity index (χ2n) is 6.26. The first-order valence-electron chi connectivity index (χ1n) is 8.10. The fourth-order valence-corrected chi connectivity index (χ4v) is 3.35. The molecule has 1 unspecified atom stereocenters. The average Bonchev–Trinajstić information content (AvgIpc) is 3.08. The van der Waals surface area contributed by atoms with Gasteiger partial charge in [-0.3, -0.25) is 4.79 Å². The van der Waals surface area contributed by atoms with Crippen LogP contribution in [-0.4, -0.2) is 44.9 Å². The van der Waals surface area contributed by atoms with E-state index in [1.807, 2.05) is 30.0 Å². The van der Waals surface area contributed by atoms with Crippen LogP contribution in [0.1, 0.15) is 35.7 Å². The van der Waals surface area contributed by atoms with Crippen molar-refractivity contribution in [2.75, 3.05) is 13.1 Å². The van der Waals surface area contributed by atoms with E-state index < -0.39 is 0 Å². The van der Waals surface area contributed by atoms with Gasteiger partial charge < -0.3 is 10.6 Å². The van der Waals surface area contributed by atoms with Crippen molar-refractivity contribution in [3.8, 4) is 5.69 Å². The molecular weight excluding hydrogens is 290 g/mol. The zero-order chi connectivity index (χ0) is 16.4. The highest BCUT2D eigenvalue weighted by Gasteiger charge is 2.32. The van der Waals surface area contributed by atoms with Gasteiger partial charge in [-0.25, -0.2) is 0 Å². The van der Waals surface area contributed by atoms with Crippen LogP contribution < -0.4 is 5.73 Å². The number of hydrogen-bond acceptors (Lipinski definition) is 4. The molecule has 2 heterocycles. The first-order chi connectivity index (χ1) is 11.1. The second-order valence-corrected chi connectivity index (χ2v) is 6.26. The lowest BCUT2D eigenvalue weighted by molar-refractivity contribution is 0.0532. The predicted molar refractivity (Wildman–Crippen MR) is 88.4 cm³/mol. The lowest BCUT2D eigenvalue weighted by Gasteiger charge is -2.39. The van der Waals surface area contributed by atoms with Gasteiger partial charge in [0.2, 0.25) is 0 Å². The monoisotopic (exact) mass is 313 g/mol. The number of aromatic nitrogens is 3. The SMILES string of the molecule is Cc1ccc(-n2nccn2)c(C(=O)N2CCC[C@H](C)C2CN)c1. The zero-order valence-corrected chi connectivity index (χ0v) is 13.6. The summed E-state index contributed by atoms with van der Waals surface area (Å²) >= 11 is 0. The van der Waals surface area contributed by atoms with Crippen molar-refractivity contribution >= 4 is 5.91 Å². The topological polar surface area (TPSA) is 77.0 Å². The molecule has 2 atom stereocenters. The minimum absolute atomic E-state index is 0.0167. The van der Waals surface area contributed by atoms with E-state index in [0.717, 1.165) is 24.9 Å². The molecule has 122 valence electrons. The molecule has 23 heavy (non-hydrogen) atoms. The Morgan fingerprint density at radius 2 is 2.09 bits per heavy atom. The van der Waals surface area contributed by atoms with Gasteiger partial charge in [0.1, 0.15) is 0 Å². The van der Waals surface area contributed by atoms with Gasteiger partial charge in [-0.1, -0.05) is 18.6 Å². The first kappa shape index (κ1) is 15.7. The molecule has 0 spiro atoms. The van der Waals surface area contributed by atoms with Crippen molar-refractivity contribution in [1.82, 2.24) is 19.9 Å². The Balaban J connectivity index is 2.00. The molecule has 0 radical (unpaired) electrons. The van der Waals surface area contributed by atoms with E-state index in [-0.39, 0.29) is 11.9 Å². The number of carbonyl (C=O) groups excluding carboxylic acids is 1. The fraction of sp³-hybridized carbons (Fsp3) is 0.471. The number of nitrogens with two attached hydrogens (primary N) is 1. The van der Waals surface area contributed by atoms with Crippen LogP contribution in [0.15, 0.2) is 30.6 Å². The normalized spacial score (nSPS) is 21.4. The van der Waals surface area contributed by atoms with Gasteiger partial charge in [-0.15, -0.1) is 0 Å². The van der Waals surface area contributed by atoms with Crippen molar-refractivity contribution in [3.63, 3.8) is 0 Å². The molecule has 3 rings (SSSR count). The molecule has 1 aliphatic rings. The molecule has 1 amide bonds. The van der Waals surface area contributed by atoms with E-state index in [1.165, 1.54) is 4.80 Å². The maximum Gasteiger partial charge on any atom is 0.256 e. The van der Waals surface area contributed by atoms with Crippen molar-refractivity contribution in [1.29, 1.82) is 0 Å². The minimum atomic E-state index is 0.0167. The highest BCUT2D eigenvalue weighted by Crippen LogP contribution is 2.26.